The van der Waals surface area contributed by atoms with E-state index in [1.54, 1.807) is 29.8 Å². The zero-order valence-corrected chi connectivity index (χ0v) is 13.4. The zero-order chi connectivity index (χ0) is 14.9. The van der Waals surface area contributed by atoms with E-state index in [-0.39, 0.29) is 0 Å². The summed E-state index contributed by atoms with van der Waals surface area (Å²) in [4.78, 5) is 2.12. The maximum atomic E-state index is 5.18. The van der Waals surface area contributed by atoms with Crippen LogP contribution in [-0.4, -0.2) is 26.9 Å². The van der Waals surface area contributed by atoms with E-state index in [1.165, 1.54) is 4.88 Å². The van der Waals surface area contributed by atoms with Crippen LogP contribution in [0.2, 0.25) is 0 Å². The van der Waals surface area contributed by atoms with E-state index in [2.05, 4.69) is 32.8 Å². The SMILES string of the molecule is COc1ccc(-c2nnc3sc(Cc4cccs4)nn23)cc1. The maximum absolute atomic E-state index is 5.18. The molecule has 4 rings (SSSR count). The van der Waals surface area contributed by atoms with Crippen molar-refractivity contribution in [2.75, 3.05) is 7.11 Å². The van der Waals surface area contributed by atoms with Gasteiger partial charge in [0.2, 0.25) is 4.96 Å². The lowest BCUT2D eigenvalue weighted by atomic mass is 10.2. The molecule has 3 aromatic heterocycles. The molecule has 0 aliphatic carbocycles. The van der Waals surface area contributed by atoms with Crippen LogP contribution >= 0.6 is 22.7 Å². The van der Waals surface area contributed by atoms with Crippen LogP contribution in [0.3, 0.4) is 0 Å². The molecule has 4 aromatic rings. The molecule has 0 spiro atoms. The molecule has 0 radical (unpaired) electrons. The smallest absolute Gasteiger partial charge is 0.234 e. The number of nitrogens with zero attached hydrogens (tertiary/aromatic N) is 4. The van der Waals surface area contributed by atoms with E-state index in [0.717, 1.165) is 33.5 Å². The Bertz CT molecular complexity index is 894. The fourth-order valence-corrected chi connectivity index (χ4v) is 3.87. The second-order valence-electron chi connectivity index (χ2n) is 4.70. The first-order valence-corrected chi connectivity index (χ1v) is 8.41. The number of fused-ring (bicyclic) bond motifs is 1. The van der Waals surface area contributed by atoms with Crippen molar-refractivity contribution < 1.29 is 4.74 Å². The predicted molar refractivity (Wildman–Crippen MR) is 87.8 cm³/mol. The molecule has 0 saturated heterocycles. The zero-order valence-electron chi connectivity index (χ0n) is 11.8. The molecule has 0 fully saturated rings. The first-order chi connectivity index (χ1) is 10.8. The summed E-state index contributed by atoms with van der Waals surface area (Å²) in [5.74, 6) is 1.58. The molecule has 0 atom stereocenters. The quantitative estimate of drug-likeness (QED) is 0.575. The van der Waals surface area contributed by atoms with Crippen molar-refractivity contribution in [3.63, 3.8) is 0 Å². The summed E-state index contributed by atoms with van der Waals surface area (Å²) < 4.78 is 7.00. The van der Waals surface area contributed by atoms with Gasteiger partial charge in [-0.05, 0) is 35.7 Å². The van der Waals surface area contributed by atoms with Gasteiger partial charge in [-0.25, -0.2) is 0 Å². The Labute approximate surface area is 134 Å². The normalized spacial score (nSPS) is 11.1. The van der Waals surface area contributed by atoms with Crippen LogP contribution in [0.4, 0.5) is 0 Å². The van der Waals surface area contributed by atoms with Crippen molar-refractivity contribution in [2.24, 2.45) is 0 Å². The second kappa shape index (κ2) is 5.51. The van der Waals surface area contributed by atoms with E-state index < -0.39 is 0 Å². The van der Waals surface area contributed by atoms with Crippen molar-refractivity contribution >= 4 is 27.6 Å². The van der Waals surface area contributed by atoms with Gasteiger partial charge in [-0.2, -0.15) is 9.61 Å². The van der Waals surface area contributed by atoms with Crippen LogP contribution in [-0.2, 0) is 6.42 Å². The monoisotopic (exact) mass is 328 g/mol. The number of methoxy groups -OCH3 is 1. The van der Waals surface area contributed by atoms with E-state index in [4.69, 9.17) is 4.74 Å². The molecule has 5 nitrogen and oxygen atoms in total. The van der Waals surface area contributed by atoms with Gasteiger partial charge in [0.25, 0.3) is 0 Å². The van der Waals surface area contributed by atoms with Gasteiger partial charge in [-0.1, -0.05) is 17.4 Å². The van der Waals surface area contributed by atoms with Gasteiger partial charge in [0.05, 0.1) is 7.11 Å². The highest BCUT2D eigenvalue weighted by atomic mass is 32.1. The Kier molecular flexibility index (Phi) is 3.36. The van der Waals surface area contributed by atoms with E-state index >= 15 is 0 Å². The van der Waals surface area contributed by atoms with Crippen LogP contribution in [0.25, 0.3) is 16.3 Å². The molecular weight excluding hydrogens is 316 g/mol. The summed E-state index contributed by atoms with van der Waals surface area (Å²) in [5.41, 5.74) is 0.973. The predicted octanol–water partition coefficient (Wildman–Crippen LogP) is 3.51. The summed E-state index contributed by atoms with van der Waals surface area (Å²) in [5, 5.41) is 16.2. The van der Waals surface area contributed by atoms with Crippen LogP contribution in [0.1, 0.15) is 9.88 Å². The number of hydrogen-bond acceptors (Lipinski definition) is 6. The molecule has 7 heteroatoms. The molecule has 0 aliphatic heterocycles. The van der Waals surface area contributed by atoms with Gasteiger partial charge in [0.1, 0.15) is 10.8 Å². The third-order valence-electron chi connectivity index (χ3n) is 3.29. The average Bonchev–Trinajstić information content (AvgIpc) is 3.25. The molecule has 0 bridgehead atoms. The molecule has 0 aliphatic rings. The Morgan fingerprint density at radius 3 is 2.73 bits per heavy atom. The minimum Gasteiger partial charge on any atom is -0.497 e. The summed E-state index contributed by atoms with van der Waals surface area (Å²) in [6.07, 6.45) is 0.841. The average molecular weight is 328 g/mol. The lowest BCUT2D eigenvalue weighted by Gasteiger charge is -2.00. The van der Waals surface area contributed by atoms with Crippen molar-refractivity contribution in [1.29, 1.82) is 0 Å². The summed E-state index contributed by atoms with van der Waals surface area (Å²) in [6, 6.07) is 11.9. The van der Waals surface area contributed by atoms with Gasteiger partial charge in [-0.3, -0.25) is 0 Å². The first-order valence-electron chi connectivity index (χ1n) is 6.71. The molecule has 0 amide bonds. The largest absolute Gasteiger partial charge is 0.497 e. The Hall–Kier alpha value is -2.25. The van der Waals surface area contributed by atoms with Crippen LogP contribution in [0.5, 0.6) is 5.75 Å². The number of aromatic nitrogens is 4. The van der Waals surface area contributed by atoms with Gasteiger partial charge < -0.3 is 4.74 Å². The fraction of sp³-hybridized carbons (Fsp3) is 0.133. The topological polar surface area (TPSA) is 52.3 Å². The Morgan fingerprint density at radius 2 is 2.00 bits per heavy atom. The minimum atomic E-state index is 0.756. The minimum absolute atomic E-state index is 0.756. The lowest BCUT2D eigenvalue weighted by Crippen LogP contribution is -1.93. The molecule has 0 unspecified atom stereocenters. The van der Waals surface area contributed by atoms with E-state index in [9.17, 15) is 0 Å². The van der Waals surface area contributed by atoms with Gasteiger partial charge in [0, 0.05) is 16.9 Å². The highest BCUT2D eigenvalue weighted by Gasteiger charge is 2.13. The second-order valence-corrected chi connectivity index (χ2v) is 6.77. The molecule has 0 saturated carbocycles. The van der Waals surface area contributed by atoms with E-state index in [1.807, 2.05) is 28.8 Å². The lowest BCUT2D eigenvalue weighted by molar-refractivity contribution is 0.415. The van der Waals surface area contributed by atoms with Gasteiger partial charge >= 0.3 is 0 Å². The highest BCUT2D eigenvalue weighted by Crippen LogP contribution is 2.25. The van der Waals surface area contributed by atoms with Crippen LogP contribution in [0, 0.1) is 0 Å². The van der Waals surface area contributed by atoms with Crippen LogP contribution < -0.4 is 4.74 Å². The van der Waals surface area contributed by atoms with Crippen LogP contribution in [0.15, 0.2) is 41.8 Å². The summed E-state index contributed by atoms with van der Waals surface area (Å²) in [7, 11) is 1.65. The fourth-order valence-electron chi connectivity index (χ4n) is 2.21. The molecule has 0 N–H and O–H groups in total. The molecular formula is C15H12N4OS2. The summed E-state index contributed by atoms with van der Waals surface area (Å²) >= 11 is 3.32. The Morgan fingerprint density at radius 1 is 1.14 bits per heavy atom. The standard InChI is InChI=1S/C15H12N4OS2/c1-20-11-6-4-10(5-7-11)14-16-17-15-19(14)18-13(22-15)9-12-3-2-8-21-12/h2-8H,9H2,1H3. The van der Waals surface area contributed by atoms with Crippen molar-refractivity contribution in [3.8, 4) is 17.1 Å². The first kappa shape index (κ1) is 13.4. The molecule has 110 valence electrons. The third-order valence-corrected chi connectivity index (χ3v) is 5.06. The van der Waals surface area contributed by atoms with Crippen molar-refractivity contribution in [2.45, 2.75) is 6.42 Å². The van der Waals surface area contributed by atoms with Gasteiger partial charge in [-0.15, -0.1) is 21.5 Å². The Balaban J connectivity index is 1.70. The molecule has 22 heavy (non-hydrogen) atoms. The maximum Gasteiger partial charge on any atom is 0.234 e. The van der Waals surface area contributed by atoms with E-state index in [0.29, 0.717) is 0 Å². The number of hydrogen-bond donors (Lipinski definition) is 0. The van der Waals surface area contributed by atoms with Crippen molar-refractivity contribution in [3.05, 3.63) is 51.7 Å². The van der Waals surface area contributed by atoms with Crippen molar-refractivity contribution in [1.82, 2.24) is 19.8 Å². The molecule has 3 heterocycles. The third kappa shape index (κ3) is 2.38. The summed E-state index contributed by atoms with van der Waals surface area (Å²) in [6.45, 7) is 0. The number of ether oxygens (including phenoxy) is 1. The highest BCUT2D eigenvalue weighted by molar-refractivity contribution is 7.17. The number of rotatable bonds is 4. The van der Waals surface area contributed by atoms with Gasteiger partial charge in [0.15, 0.2) is 5.82 Å². The number of thiophene rings is 1. The molecule has 1 aromatic carbocycles. The number of benzene rings is 1.